The molecule has 0 aromatic carbocycles. The van der Waals surface area contributed by atoms with Crippen molar-refractivity contribution in [2.24, 2.45) is 11.1 Å². The molecule has 4 nitrogen and oxygen atoms in total. The number of nitrogens with two attached hydrogens (primary N) is 1. The van der Waals surface area contributed by atoms with Crippen molar-refractivity contribution < 1.29 is 5.11 Å². The van der Waals surface area contributed by atoms with Crippen LogP contribution in [0, 0.1) is 10.8 Å². The van der Waals surface area contributed by atoms with Crippen molar-refractivity contribution in [3.63, 3.8) is 0 Å². The third kappa shape index (κ3) is 4.28. The average molecular weight is 241 g/mol. The molecular formula is C13H27N3O. The van der Waals surface area contributed by atoms with Crippen LogP contribution in [0.1, 0.15) is 46.0 Å². The first-order valence-electron chi connectivity index (χ1n) is 6.67. The molecule has 0 aromatic heterocycles. The Morgan fingerprint density at radius 3 is 2.82 bits per heavy atom. The molecule has 0 saturated carbocycles. The first kappa shape index (κ1) is 14.5. The van der Waals surface area contributed by atoms with E-state index in [-0.39, 0.29) is 11.3 Å². The zero-order valence-electron chi connectivity index (χ0n) is 11.2. The molecule has 1 atom stereocenters. The number of amidine groups is 1. The third-order valence-corrected chi connectivity index (χ3v) is 3.94. The molecule has 0 aliphatic carbocycles. The first-order valence-corrected chi connectivity index (χ1v) is 6.67. The van der Waals surface area contributed by atoms with Gasteiger partial charge in [-0.15, -0.1) is 0 Å². The van der Waals surface area contributed by atoms with Crippen LogP contribution in [-0.4, -0.2) is 41.6 Å². The summed E-state index contributed by atoms with van der Waals surface area (Å²) < 4.78 is 0. The quantitative estimate of drug-likeness (QED) is 0.468. The molecule has 1 aliphatic heterocycles. The van der Waals surface area contributed by atoms with Gasteiger partial charge in [0.25, 0.3) is 0 Å². The van der Waals surface area contributed by atoms with Gasteiger partial charge in [0.1, 0.15) is 0 Å². The Morgan fingerprint density at radius 1 is 1.53 bits per heavy atom. The summed E-state index contributed by atoms with van der Waals surface area (Å²) in [7, 11) is 0. The molecule has 1 unspecified atom stereocenters. The predicted molar refractivity (Wildman–Crippen MR) is 71.2 cm³/mol. The SMILES string of the molecule is CC(C)(CCCN1CCCC1CCO)C(=N)N. The zero-order valence-corrected chi connectivity index (χ0v) is 11.2. The van der Waals surface area contributed by atoms with Gasteiger partial charge in [-0.3, -0.25) is 5.41 Å². The lowest BCUT2D eigenvalue weighted by Gasteiger charge is -2.27. The second-order valence-corrected chi connectivity index (χ2v) is 5.75. The van der Waals surface area contributed by atoms with Crippen molar-refractivity contribution in [1.29, 1.82) is 5.41 Å². The Morgan fingerprint density at radius 2 is 2.24 bits per heavy atom. The van der Waals surface area contributed by atoms with E-state index in [1.54, 1.807) is 0 Å². The summed E-state index contributed by atoms with van der Waals surface area (Å²) in [6.45, 7) is 6.59. The van der Waals surface area contributed by atoms with E-state index in [1.807, 2.05) is 13.8 Å². The van der Waals surface area contributed by atoms with Crippen molar-refractivity contribution >= 4 is 5.84 Å². The summed E-state index contributed by atoms with van der Waals surface area (Å²) in [5, 5.41) is 16.5. The van der Waals surface area contributed by atoms with Gasteiger partial charge in [-0.05, 0) is 45.2 Å². The Labute approximate surface area is 105 Å². The van der Waals surface area contributed by atoms with E-state index in [2.05, 4.69) is 4.90 Å². The molecular weight excluding hydrogens is 214 g/mol. The molecule has 0 aromatic rings. The highest BCUT2D eigenvalue weighted by molar-refractivity contribution is 5.82. The minimum Gasteiger partial charge on any atom is -0.396 e. The normalized spacial score (nSPS) is 21.9. The third-order valence-electron chi connectivity index (χ3n) is 3.94. The zero-order chi connectivity index (χ0) is 12.9. The lowest BCUT2D eigenvalue weighted by Crippen LogP contribution is -2.34. The van der Waals surface area contributed by atoms with Crippen LogP contribution in [0.15, 0.2) is 0 Å². The highest BCUT2D eigenvalue weighted by atomic mass is 16.3. The number of nitrogens with zero attached hydrogens (tertiary/aromatic N) is 1. The van der Waals surface area contributed by atoms with Crippen LogP contribution in [0.25, 0.3) is 0 Å². The number of aliphatic hydroxyl groups excluding tert-OH is 1. The molecule has 1 rings (SSSR count). The smallest absolute Gasteiger partial charge is 0.0963 e. The number of aliphatic hydroxyl groups is 1. The van der Waals surface area contributed by atoms with Gasteiger partial charge >= 0.3 is 0 Å². The summed E-state index contributed by atoms with van der Waals surface area (Å²) >= 11 is 0. The van der Waals surface area contributed by atoms with E-state index in [0.717, 1.165) is 32.4 Å². The van der Waals surface area contributed by atoms with Gasteiger partial charge in [0.05, 0.1) is 5.84 Å². The number of rotatable bonds is 7. The van der Waals surface area contributed by atoms with Crippen molar-refractivity contribution in [3.8, 4) is 0 Å². The van der Waals surface area contributed by atoms with Gasteiger partial charge in [-0.2, -0.15) is 0 Å². The number of hydrogen-bond acceptors (Lipinski definition) is 3. The average Bonchev–Trinajstić information content (AvgIpc) is 2.66. The van der Waals surface area contributed by atoms with E-state index in [0.29, 0.717) is 12.6 Å². The van der Waals surface area contributed by atoms with Crippen molar-refractivity contribution in [1.82, 2.24) is 4.90 Å². The van der Waals surface area contributed by atoms with Gasteiger partial charge in [-0.25, -0.2) is 0 Å². The van der Waals surface area contributed by atoms with Gasteiger partial charge < -0.3 is 15.7 Å². The second kappa shape index (κ2) is 6.36. The molecule has 1 fully saturated rings. The minimum atomic E-state index is -0.174. The summed E-state index contributed by atoms with van der Waals surface area (Å²) in [6.07, 6.45) is 5.41. The Kier molecular flexibility index (Phi) is 5.40. The maximum Gasteiger partial charge on any atom is 0.0963 e. The van der Waals surface area contributed by atoms with Crippen molar-refractivity contribution in [3.05, 3.63) is 0 Å². The second-order valence-electron chi connectivity index (χ2n) is 5.75. The monoisotopic (exact) mass is 241 g/mol. The summed E-state index contributed by atoms with van der Waals surface area (Å²) in [4.78, 5) is 2.48. The molecule has 1 aliphatic rings. The molecule has 0 amide bonds. The maximum atomic E-state index is 9.00. The fraction of sp³-hybridized carbons (Fsp3) is 0.923. The van der Waals surface area contributed by atoms with E-state index in [9.17, 15) is 0 Å². The molecule has 1 heterocycles. The van der Waals surface area contributed by atoms with E-state index in [4.69, 9.17) is 16.2 Å². The molecule has 0 bridgehead atoms. The highest BCUT2D eigenvalue weighted by Gasteiger charge is 2.25. The van der Waals surface area contributed by atoms with Crippen molar-refractivity contribution in [2.45, 2.75) is 52.0 Å². The molecule has 4 N–H and O–H groups in total. The molecule has 1 saturated heterocycles. The lowest BCUT2D eigenvalue weighted by atomic mass is 9.86. The van der Waals surface area contributed by atoms with Crippen LogP contribution in [0.4, 0.5) is 0 Å². The van der Waals surface area contributed by atoms with Crippen LogP contribution in [0.5, 0.6) is 0 Å². The maximum absolute atomic E-state index is 9.00. The fourth-order valence-electron chi connectivity index (χ4n) is 2.52. The minimum absolute atomic E-state index is 0.174. The Hall–Kier alpha value is -0.610. The summed E-state index contributed by atoms with van der Waals surface area (Å²) in [5.74, 6) is 0.283. The number of likely N-dealkylation sites (tertiary alicyclic amines) is 1. The van der Waals surface area contributed by atoms with Crippen molar-refractivity contribution in [2.75, 3.05) is 19.7 Å². The standard InChI is InChI=1S/C13H27N3O/c1-13(2,12(14)15)7-4-9-16-8-3-5-11(16)6-10-17/h11,17H,3-10H2,1-2H3,(H3,14,15). The van der Waals surface area contributed by atoms with Crippen LogP contribution in [-0.2, 0) is 0 Å². The number of hydrogen-bond donors (Lipinski definition) is 3. The predicted octanol–water partition coefficient (Wildman–Crippen LogP) is 1.58. The van der Waals surface area contributed by atoms with Gasteiger partial charge in [-0.1, -0.05) is 13.8 Å². The Balaban J connectivity index is 2.28. The van der Waals surface area contributed by atoms with Gasteiger partial charge in [0, 0.05) is 18.1 Å². The Bertz CT molecular complexity index is 253. The van der Waals surface area contributed by atoms with E-state index >= 15 is 0 Å². The molecule has 100 valence electrons. The van der Waals surface area contributed by atoms with Gasteiger partial charge in [0.15, 0.2) is 0 Å². The molecule has 0 radical (unpaired) electrons. The summed E-state index contributed by atoms with van der Waals surface area (Å²) in [6, 6.07) is 0.570. The van der Waals surface area contributed by atoms with Crippen LogP contribution in [0.3, 0.4) is 0 Å². The fourth-order valence-corrected chi connectivity index (χ4v) is 2.52. The first-order chi connectivity index (χ1) is 7.97. The van der Waals surface area contributed by atoms with Crippen LogP contribution < -0.4 is 5.73 Å². The molecule has 0 spiro atoms. The van der Waals surface area contributed by atoms with E-state index in [1.165, 1.54) is 12.8 Å². The summed E-state index contributed by atoms with van der Waals surface area (Å²) in [5.41, 5.74) is 5.40. The number of nitrogens with one attached hydrogen (secondary N) is 1. The molecule has 17 heavy (non-hydrogen) atoms. The highest BCUT2D eigenvalue weighted by Crippen LogP contribution is 2.24. The van der Waals surface area contributed by atoms with Gasteiger partial charge in [0.2, 0.25) is 0 Å². The molecule has 4 heteroatoms. The lowest BCUT2D eigenvalue weighted by molar-refractivity contribution is 0.189. The largest absolute Gasteiger partial charge is 0.396 e. The van der Waals surface area contributed by atoms with E-state index < -0.39 is 0 Å². The topological polar surface area (TPSA) is 73.3 Å². The van der Waals surface area contributed by atoms with Crippen LogP contribution >= 0.6 is 0 Å². The van der Waals surface area contributed by atoms with Crippen LogP contribution in [0.2, 0.25) is 0 Å².